The third-order valence-corrected chi connectivity index (χ3v) is 5.74. The van der Waals surface area contributed by atoms with E-state index in [1.165, 1.54) is 24.8 Å². The minimum atomic E-state index is 0.201. The molecule has 0 spiro atoms. The summed E-state index contributed by atoms with van der Waals surface area (Å²) in [7, 11) is 0. The highest BCUT2D eigenvalue weighted by molar-refractivity contribution is 5.83. The van der Waals surface area contributed by atoms with Crippen LogP contribution in [0.15, 0.2) is 11.6 Å². The summed E-state index contributed by atoms with van der Waals surface area (Å²) in [4.78, 5) is 12.2. The molecule has 1 heteroatoms. The van der Waals surface area contributed by atoms with Crippen LogP contribution in [0.3, 0.4) is 0 Å². The van der Waals surface area contributed by atoms with Crippen molar-refractivity contribution in [1.82, 2.24) is 0 Å². The van der Waals surface area contributed by atoms with Gasteiger partial charge in [0.1, 0.15) is 5.78 Å². The van der Waals surface area contributed by atoms with Crippen molar-refractivity contribution in [2.45, 2.75) is 66.7 Å². The second kappa shape index (κ2) is 5.42. The Hall–Kier alpha value is -0.590. The highest BCUT2D eigenvalue weighted by atomic mass is 16.1. The number of carbonyl (C=O) groups excluding carboxylic acids is 1. The molecule has 0 amide bonds. The van der Waals surface area contributed by atoms with Gasteiger partial charge in [-0.05, 0) is 42.9 Å². The predicted molar refractivity (Wildman–Crippen MR) is 80.9 cm³/mol. The van der Waals surface area contributed by atoms with E-state index < -0.39 is 0 Å². The summed E-state index contributed by atoms with van der Waals surface area (Å²) >= 11 is 0. The van der Waals surface area contributed by atoms with Gasteiger partial charge in [0, 0.05) is 12.3 Å². The van der Waals surface area contributed by atoms with Gasteiger partial charge in [0.25, 0.3) is 0 Å². The molecule has 0 radical (unpaired) electrons. The van der Waals surface area contributed by atoms with Crippen LogP contribution in [0.1, 0.15) is 66.7 Å². The van der Waals surface area contributed by atoms with E-state index in [-0.39, 0.29) is 5.92 Å². The van der Waals surface area contributed by atoms with Gasteiger partial charge in [-0.3, -0.25) is 4.79 Å². The Morgan fingerprint density at radius 2 is 2.05 bits per heavy atom. The molecule has 0 aliphatic heterocycles. The topological polar surface area (TPSA) is 17.1 Å². The van der Waals surface area contributed by atoms with Crippen molar-refractivity contribution >= 4 is 5.78 Å². The maximum absolute atomic E-state index is 12.2. The maximum Gasteiger partial charge on any atom is 0.139 e. The molecule has 0 N–H and O–H groups in total. The predicted octanol–water partition coefficient (Wildman–Crippen LogP) is 5.01. The smallest absolute Gasteiger partial charge is 0.139 e. The zero-order chi connectivity index (χ0) is 14.2. The summed E-state index contributed by atoms with van der Waals surface area (Å²) in [5, 5.41) is 0. The van der Waals surface area contributed by atoms with Crippen LogP contribution in [-0.4, -0.2) is 5.78 Å². The van der Waals surface area contributed by atoms with Gasteiger partial charge in [0.15, 0.2) is 0 Å². The van der Waals surface area contributed by atoms with E-state index in [0.717, 1.165) is 18.3 Å². The van der Waals surface area contributed by atoms with Crippen molar-refractivity contribution in [3.8, 4) is 0 Å². The molecule has 0 aromatic rings. The normalized spacial score (nSPS) is 38.1. The van der Waals surface area contributed by atoms with E-state index in [1.807, 2.05) is 6.92 Å². The summed E-state index contributed by atoms with van der Waals surface area (Å²) in [6.07, 6.45) is 8.09. The molecule has 2 rings (SSSR count). The lowest BCUT2D eigenvalue weighted by Crippen LogP contribution is -2.45. The molecule has 0 aromatic heterocycles. The fourth-order valence-corrected chi connectivity index (χ4v) is 4.34. The molecule has 108 valence electrons. The Balaban J connectivity index is 2.26. The first kappa shape index (κ1) is 14.8. The Kier molecular flexibility index (Phi) is 4.23. The van der Waals surface area contributed by atoms with Crippen LogP contribution in [-0.2, 0) is 4.79 Å². The average molecular weight is 262 g/mol. The van der Waals surface area contributed by atoms with Gasteiger partial charge >= 0.3 is 0 Å². The van der Waals surface area contributed by atoms with Gasteiger partial charge < -0.3 is 0 Å². The van der Waals surface area contributed by atoms with E-state index in [1.54, 1.807) is 0 Å². The first-order valence-electron chi connectivity index (χ1n) is 8.08. The number of fused-ring (bicyclic) bond motifs is 1. The Morgan fingerprint density at radius 3 is 2.63 bits per heavy atom. The zero-order valence-electron chi connectivity index (χ0n) is 13.3. The molecule has 0 aromatic carbocycles. The first-order valence-corrected chi connectivity index (χ1v) is 8.08. The fraction of sp³-hybridized carbons (Fsp3) is 0.833. The van der Waals surface area contributed by atoms with Gasteiger partial charge in [-0.15, -0.1) is 0 Å². The Bertz CT molecular complexity index is 377. The highest BCUT2D eigenvalue weighted by Gasteiger charge is 2.48. The fourth-order valence-electron chi connectivity index (χ4n) is 4.34. The van der Waals surface area contributed by atoms with Gasteiger partial charge in [0.2, 0.25) is 0 Å². The molecule has 2 aliphatic rings. The molecule has 1 nitrogen and oxygen atoms in total. The van der Waals surface area contributed by atoms with Crippen LogP contribution in [0.5, 0.6) is 0 Å². The molecular weight excluding hydrogens is 232 g/mol. The number of rotatable bonds is 2. The van der Waals surface area contributed by atoms with E-state index in [4.69, 9.17) is 0 Å². The Morgan fingerprint density at radius 1 is 1.37 bits per heavy atom. The van der Waals surface area contributed by atoms with E-state index >= 15 is 0 Å². The monoisotopic (exact) mass is 262 g/mol. The second-order valence-electron chi connectivity index (χ2n) is 7.57. The minimum absolute atomic E-state index is 0.201. The highest BCUT2D eigenvalue weighted by Crippen LogP contribution is 2.56. The summed E-state index contributed by atoms with van der Waals surface area (Å²) in [6.45, 7) is 11.4. The van der Waals surface area contributed by atoms with Crippen molar-refractivity contribution in [1.29, 1.82) is 0 Å². The van der Waals surface area contributed by atoms with E-state index in [2.05, 4.69) is 33.8 Å². The van der Waals surface area contributed by atoms with Crippen LogP contribution in [0.2, 0.25) is 0 Å². The van der Waals surface area contributed by atoms with Crippen LogP contribution in [0.25, 0.3) is 0 Å². The van der Waals surface area contributed by atoms with Crippen LogP contribution >= 0.6 is 0 Å². The largest absolute Gasteiger partial charge is 0.299 e. The van der Waals surface area contributed by atoms with E-state index in [0.29, 0.717) is 23.5 Å². The minimum Gasteiger partial charge on any atom is -0.299 e. The summed E-state index contributed by atoms with van der Waals surface area (Å²) in [5.74, 6) is 3.00. The lowest BCUT2D eigenvalue weighted by atomic mass is 9.52. The number of carbonyl (C=O) groups is 1. The van der Waals surface area contributed by atoms with E-state index in [9.17, 15) is 4.79 Å². The number of ketones is 1. The molecular formula is C18H30O. The van der Waals surface area contributed by atoms with Crippen molar-refractivity contribution in [3.05, 3.63) is 11.6 Å². The van der Waals surface area contributed by atoms with Crippen LogP contribution < -0.4 is 0 Å². The number of hydrogen-bond donors (Lipinski definition) is 0. The van der Waals surface area contributed by atoms with Crippen molar-refractivity contribution in [3.63, 3.8) is 0 Å². The summed E-state index contributed by atoms with van der Waals surface area (Å²) in [5.41, 5.74) is 1.79. The number of allylic oxidation sites excluding steroid dienone is 2. The van der Waals surface area contributed by atoms with Gasteiger partial charge in [-0.2, -0.15) is 0 Å². The molecule has 0 saturated heterocycles. The molecule has 4 atom stereocenters. The molecule has 1 fully saturated rings. The second-order valence-corrected chi connectivity index (χ2v) is 7.57. The van der Waals surface area contributed by atoms with Gasteiger partial charge in [-0.25, -0.2) is 0 Å². The van der Waals surface area contributed by atoms with Crippen molar-refractivity contribution < 1.29 is 4.79 Å². The quantitative estimate of drug-likeness (QED) is 0.639. The summed E-state index contributed by atoms with van der Waals surface area (Å²) < 4.78 is 0. The SMILES string of the molecule is CCC(=O)C1CCCC(C)C2CC(C)(C)C2C=C1C. The first-order chi connectivity index (χ1) is 8.86. The lowest BCUT2D eigenvalue weighted by Gasteiger charge is -2.53. The Labute approximate surface area is 118 Å². The molecule has 2 aliphatic carbocycles. The molecule has 0 heterocycles. The standard InChI is InChI=1S/C18H30O/c1-6-17(19)14-9-7-8-12(2)15-11-18(4,5)16(15)10-13(14)3/h10,12,14-16H,6-9,11H2,1-5H3. The van der Waals surface area contributed by atoms with Crippen molar-refractivity contribution in [2.75, 3.05) is 0 Å². The molecule has 1 saturated carbocycles. The molecule has 0 bridgehead atoms. The zero-order valence-corrected chi connectivity index (χ0v) is 13.3. The number of hydrogen-bond acceptors (Lipinski definition) is 1. The van der Waals surface area contributed by atoms with Crippen LogP contribution in [0, 0.1) is 29.1 Å². The lowest BCUT2D eigenvalue weighted by molar-refractivity contribution is -0.121. The maximum atomic E-state index is 12.2. The van der Waals surface area contributed by atoms with Crippen molar-refractivity contribution in [2.24, 2.45) is 29.1 Å². The number of Topliss-reactive ketones (excluding diaryl/α,β-unsaturated/α-hetero) is 1. The average Bonchev–Trinajstić information content (AvgIpc) is 2.40. The summed E-state index contributed by atoms with van der Waals surface area (Å²) in [6, 6.07) is 0. The molecule has 4 unspecified atom stereocenters. The molecule has 19 heavy (non-hydrogen) atoms. The van der Waals surface area contributed by atoms with Gasteiger partial charge in [0.05, 0.1) is 0 Å². The van der Waals surface area contributed by atoms with Crippen LogP contribution in [0.4, 0.5) is 0 Å². The van der Waals surface area contributed by atoms with Gasteiger partial charge in [-0.1, -0.05) is 52.2 Å². The third-order valence-electron chi connectivity index (χ3n) is 5.74. The third kappa shape index (κ3) is 2.80.